The van der Waals surface area contributed by atoms with Gasteiger partial charge >= 0.3 is 0 Å². The van der Waals surface area contributed by atoms with E-state index in [-0.39, 0.29) is 18.1 Å². The summed E-state index contributed by atoms with van der Waals surface area (Å²) in [6, 6.07) is 7.97. The van der Waals surface area contributed by atoms with Gasteiger partial charge in [-0.3, -0.25) is 9.36 Å². The van der Waals surface area contributed by atoms with Gasteiger partial charge in [-0.05, 0) is 94.9 Å². The largest absolute Gasteiger partial charge is 0.494 e. The molecule has 0 spiro atoms. The zero-order chi connectivity index (χ0) is 29.3. The highest BCUT2D eigenvalue weighted by Gasteiger charge is 2.24. The Hall–Kier alpha value is -3.24. The Kier molecular flexibility index (Phi) is 10.4. The second-order valence-electron chi connectivity index (χ2n) is 12.0. The number of benzene rings is 1. The molecule has 232 valence electrons. The summed E-state index contributed by atoms with van der Waals surface area (Å²) in [5.74, 6) is 2.58. The summed E-state index contributed by atoms with van der Waals surface area (Å²) in [4.78, 5) is 29.2. The van der Waals surface area contributed by atoms with Crippen LogP contribution in [-0.4, -0.2) is 64.3 Å². The van der Waals surface area contributed by atoms with Gasteiger partial charge in [-0.1, -0.05) is 12.8 Å². The van der Waals surface area contributed by atoms with E-state index in [2.05, 4.69) is 14.8 Å². The Balaban J connectivity index is 1.02. The van der Waals surface area contributed by atoms with Crippen LogP contribution in [0, 0.1) is 0 Å². The zero-order valence-electron chi connectivity index (χ0n) is 25.3. The molecule has 2 atom stereocenters. The molecule has 3 saturated heterocycles. The van der Waals surface area contributed by atoms with E-state index >= 15 is 0 Å². The van der Waals surface area contributed by atoms with Gasteiger partial charge in [-0.2, -0.15) is 9.97 Å². The minimum absolute atomic E-state index is 0.0363. The highest BCUT2D eigenvalue weighted by molar-refractivity contribution is 5.85. The summed E-state index contributed by atoms with van der Waals surface area (Å²) in [6.45, 7) is 4.14. The number of aromatic nitrogens is 4. The number of unbranched alkanes of at least 4 members (excludes halogenated alkanes) is 3. The maximum atomic E-state index is 12.3. The second-order valence-corrected chi connectivity index (χ2v) is 12.0. The van der Waals surface area contributed by atoms with Crippen LogP contribution in [0.5, 0.6) is 5.75 Å². The molecule has 0 saturated carbocycles. The Morgan fingerprint density at radius 1 is 0.884 bits per heavy atom. The molecular formula is C33H46N6O4. The van der Waals surface area contributed by atoms with Crippen molar-refractivity contribution < 1.29 is 19.0 Å². The van der Waals surface area contributed by atoms with Crippen molar-refractivity contribution in [2.45, 2.75) is 102 Å². The van der Waals surface area contributed by atoms with Gasteiger partial charge in [-0.15, -0.1) is 0 Å². The number of ether oxygens (including phenoxy) is 3. The average Bonchev–Trinajstić information content (AvgIpc) is 3.50. The molecule has 5 heterocycles. The lowest BCUT2D eigenvalue weighted by Gasteiger charge is -2.28. The third-order valence-corrected chi connectivity index (χ3v) is 8.76. The molecule has 3 fully saturated rings. The average molecular weight is 591 g/mol. The third kappa shape index (κ3) is 7.84. The maximum Gasteiger partial charge on any atom is 0.231 e. The summed E-state index contributed by atoms with van der Waals surface area (Å²) in [6.07, 6.45) is 16.2. The first-order chi connectivity index (χ1) is 21.2. The molecule has 10 nitrogen and oxygen atoms in total. The van der Waals surface area contributed by atoms with E-state index in [0.717, 1.165) is 132 Å². The van der Waals surface area contributed by atoms with Crippen LogP contribution < -0.4 is 15.0 Å². The Labute approximate surface area is 254 Å². The number of carbonyl (C=O) groups is 1. The van der Waals surface area contributed by atoms with Crippen LogP contribution in [0.4, 0.5) is 17.5 Å². The van der Waals surface area contributed by atoms with Gasteiger partial charge in [0.05, 0.1) is 12.9 Å². The number of hydrogen-bond acceptors (Lipinski definition) is 9. The summed E-state index contributed by atoms with van der Waals surface area (Å²) in [5, 5.41) is 3.42. The molecule has 3 aromatic rings. The number of anilines is 3. The molecule has 2 aromatic heterocycles. The van der Waals surface area contributed by atoms with Crippen LogP contribution in [0.3, 0.4) is 0 Å². The van der Waals surface area contributed by atoms with Crippen molar-refractivity contribution in [3.8, 4) is 5.75 Å². The van der Waals surface area contributed by atoms with Crippen molar-refractivity contribution >= 4 is 34.4 Å². The fourth-order valence-electron chi connectivity index (χ4n) is 6.30. The van der Waals surface area contributed by atoms with Gasteiger partial charge < -0.3 is 24.4 Å². The minimum atomic E-state index is -0.152. The van der Waals surface area contributed by atoms with E-state index in [1.165, 1.54) is 6.42 Å². The lowest BCUT2D eigenvalue weighted by Crippen LogP contribution is -2.30. The van der Waals surface area contributed by atoms with Gasteiger partial charge in [0, 0.05) is 38.4 Å². The molecule has 3 aliphatic rings. The smallest absolute Gasteiger partial charge is 0.231 e. The molecule has 0 aliphatic carbocycles. The molecule has 6 rings (SSSR count). The van der Waals surface area contributed by atoms with E-state index < -0.39 is 0 Å². The van der Waals surface area contributed by atoms with E-state index in [1.807, 2.05) is 30.6 Å². The van der Waals surface area contributed by atoms with E-state index in [9.17, 15) is 4.79 Å². The van der Waals surface area contributed by atoms with Crippen LogP contribution in [-0.2, 0) is 14.3 Å². The molecule has 10 heteroatoms. The highest BCUT2D eigenvalue weighted by atomic mass is 16.5. The quantitative estimate of drug-likeness (QED) is 0.217. The lowest BCUT2D eigenvalue weighted by atomic mass is 10.0. The van der Waals surface area contributed by atoms with Crippen molar-refractivity contribution in [1.82, 2.24) is 19.5 Å². The number of ketones is 1. The fraction of sp³-hybridized carbons (Fsp3) is 0.636. The number of piperidine rings is 1. The van der Waals surface area contributed by atoms with Crippen LogP contribution in [0.15, 0.2) is 30.6 Å². The van der Waals surface area contributed by atoms with Crippen molar-refractivity contribution in [3.63, 3.8) is 0 Å². The van der Waals surface area contributed by atoms with Crippen LogP contribution in [0.25, 0.3) is 11.2 Å². The zero-order valence-corrected chi connectivity index (χ0v) is 25.3. The number of Topliss-reactive ketones (excluding diaryl/α,β-unsaturated/α-hetero) is 1. The normalized spacial score (nSPS) is 21.2. The minimum Gasteiger partial charge on any atom is -0.494 e. The first kappa shape index (κ1) is 29.8. The van der Waals surface area contributed by atoms with Gasteiger partial charge in [0.15, 0.2) is 22.8 Å². The van der Waals surface area contributed by atoms with E-state index in [1.54, 1.807) is 0 Å². The van der Waals surface area contributed by atoms with Crippen LogP contribution in [0.2, 0.25) is 0 Å². The number of hydrogen-bond donors (Lipinski definition) is 1. The molecule has 3 aliphatic heterocycles. The topological polar surface area (TPSA) is 104 Å². The van der Waals surface area contributed by atoms with Crippen LogP contribution in [0.1, 0.15) is 96.1 Å². The molecule has 2 unspecified atom stereocenters. The molecule has 43 heavy (non-hydrogen) atoms. The molecule has 0 radical (unpaired) electrons. The van der Waals surface area contributed by atoms with Crippen molar-refractivity contribution in [2.75, 3.05) is 43.1 Å². The number of nitrogens with zero attached hydrogens (tertiary/aromatic N) is 5. The monoisotopic (exact) mass is 590 g/mol. The number of fused-ring (bicyclic) bond motifs is 1. The fourth-order valence-corrected chi connectivity index (χ4v) is 6.30. The predicted octanol–water partition coefficient (Wildman–Crippen LogP) is 6.73. The van der Waals surface area contributed by atoms with Gasteiger partial charge in [-0.25, -0.2) is 4.98 Å². The molecule has 1 N–H and O–H groups in total. The van der Waals surface area contributed by atoms with Crippen molar-refractivity contribution in [1.29, 1.82) is 0 Å². The van der Waals surface area contributed by atoms with E-state index in [0.29, 0.717) is 19.0 Å². The van der Waals surface area contributed by atoms with E-state index in [4.69, 9.17) is 29.2 Å². The molecule has 0 bridgehead atoms. The van der Waals surface area contributed by atoms with Gasteiger partial charge in [0.2, 0.25) is 5.95 Å². The summed E-state index contributed by atoms with van der Waals surface area (Å²) >= 11 is 0. The maximum absolute atomic E-state index is 12.3. The number of rotatable bonds is 13. The molecular weight excluding hydrogens is 544 g/mol. The summed E-state index contributed by atoms with van der Waals surface area (Å²) in [7, 11) is 0. The first-order valence-electron chi connectivity index (χ1n) is 16.5. The van der Waals surface area contributed by atoms with Gasteiger partial charge in [0.1, 0.15) is 18.1 Å². The Bertz CT molecular complexity index is 1310. The summed E-state index contributed by atoms with van der Waals surface area (Å²) < 4.78 is 19.7. The highest BCUT2D eigenvalue weighted by Crippen LogP contribution is 2.32. The first-order valence-corrected chi connectivity index (χ1v) is 16.5. The van der Waals surface area contributed by atoms with Crippen LogP contribution >= 0.6 is 0 Å². The standard InChI is InChI=1S/C33H46N6O4/c40-27(28-13-5-10-22-42-28)12-4-1-2-9-21-41-26-17-15-25(16-18-26)35-33-36-31(38-19-7-3-8-20-38)30-32(37-33)39(24-34-30)29-14-6-11-23-43-29/h15-18,24,28-29H,1-14,19-23H2,(H,35,36,37). The van der Waals surface area contributed by atoms with Gasteiger partial charge in [0.25, 0.3) is 0 Å². The predicted molar refractivity (Wildman–Crippen MR) is 167 cm³/mol. The number of nitrogens with one attached hydrogen (secondary N) is 1. The number of carbonyl (C=O) groups excluding carboxylic acids is 1. The number of imidazole rings is 1. The van der Waals surface area contributed by atoms with Crippen molar-refractivity contribution in [3.05, 3.63) is 30.6 Å². The SMILES string of the molecule is O=C(CCCCCCOc1ccc(Nc2nc(N3CCCCC3)c3ncn(C4CCCCO4)c3n2)cc1)C1CCCCO1. The third-order valence-electron chi connectivity index (χ3n) is 8.76. The molecule has 1 aromatic carbocycles. The summed E-state index contributed by atoms with van der Waals surface area (Å²) in [5.41, 5.74) is 2.56. The molecule has 0 amide bonds. The Morgan fingerprint density at radius 3 is 2.44 bits per heavy atom. The lowest BCUT2D eigenvalue weighted by molar-refractivity contribution is -0.133. The Morgan fingerprint density at radius 2 is 1.67 bits per heavy atom. The second kappa shape index (κ2) is 15.0. The van der Waals surface area contributed by atoms with Crippen molar-refractivity contribution in [2.24, 2.45) is 0 Å².